The average molecular weight is 204 g/mol. The second-order valence-electron chi connectivity index (χ2n) is 2.41. The highest BCUT2D eigenvalue weighted by Crippen LogP contribution is 2.11. The summed E-state index contributed by atoms with van der Waals surface area (Å²) in [5, 5.41) is 8.69. The Morgan fingerprint density at radius 2 is 1.80 bits per heavy atom. The van der Waals surface area contributed by atoms with Crippen LogP contribution in [0.15, 0.2) is 29.3 Å². The summed E-state index contributed by atoms with van der Waals surface area (Å²) in [7, 11) is 3.21. The summed E-state index contributed by atoms with van der Waals surface area (Å²) >= 11 is 0. The van der Waals surface area contributed by atoms with Crippen molar-refractivity contribution in [1.29, 1.82) is 5.26 Å². The van der Waals surface area contributed by atoms with E-state index < -0.39 is 0 Å². The molecule has 0 amide bonds. The van der Waals surface area contributed by atoms with Crippen molar-refractivity contribution in [2.75, 3.05) is 14.2 Å². The summed E-state index contributed by atoms with van der Waals surface area (Å²) in [4.78, 5) is 3.85. The summed E-state index contributed by atoms with van der Waals surface area (Å²) in [5.41, 5.74) is 1.24. The molecule has 0 bridgehead atoms. The van der Waals surface area contributed by atoms with Gasteiger partial charge in [-0.15, -0.1) is 0 Å². The van der Waals surface area contributed by atoms with E-state index in [9.17, 15) is 0 Å². The fourth-order valence-electron chi connectivity index (χ4n) is 0.993. The van der Waals surface area contributed by atoms with Gasteiger partial charge < -0.3 is 4.74 Å². The predicted molar refractivity (Wildman–Crippen MR) is 62.4 cm³/mol. The molecule has 15 heavy (non-hydrogen) atoms. The van der Waals surface area contributed by atoms with Crippen LogP contribution in [0.2, 0.25) is 0 Å². The third kappa shape index (κ3) is 3.82. The first kappa shape index (κ1) is 13.2. The highest BCUT2D eigenvalue weighted by molar-refractivity contribution is 6.11. The molecule has 1 rings (SSSR count). The van der Waals surface area contributed by atoms with Crippen LogP contribution < -0.4 is 4.74 Å². The van der Waals surface area contributed by atoms with Crippen LogP contribution in [0.3, 0.4) is 0 Å². The number of benzene rings is 1. The van der Waals surface area contributed by atoms with Gasteiger partial charge in [0.1, 0.15) is 17.5 Å². The Hall–Kier alpha value is -1.82. The van der Waals surface area contributed by atoms with E-state index in [1.54, 1.807) is 26.3 Å². The van der Waals surface area contributed by atoms with E-state index in [-0.39, 0.29) is 0 Å². The molecule has 3 nitrogen and oxygen atoms in total. The van der Waals surface area contributed by atoms with Crippen LogP contribution in [0.5, 0.6) is 5.75 Å². The van der Waals surface area contributed by atoms with Gasteiger partial charge in [-0.3, -0.25) is 4.99 Å². The number of nitrogens with zero attached hydrogens (tertiary/aromatic N) is 2. The van der Waals surface area contributed by atoms with Crippen molar-refractivity contribution in [3.63, 3.8) is 0 Å². The largest absolute Gasteiger partial charge is 0.497 e. The zero-order valence-corrected chi connectivity index (χ0v) is 9.61. The Balaban J connectivity index is 0.000000921. The Labute approximate surface area is 91.0 Å². The molecule has 0 atom stereocenters. The minimum Gasteiger partial charge on any atom is -0.497 e. The standard InChI is InChI=1S/C10H10N2O.C2H6/c1-12-10(7-11)8-3-5-9(13-2)6-4-8;1-2/h3-6H,1-2H3;1-2H3. The maximum absolute atomic E-state index is 8.69. The molecule has 0 aromatic heterocycles. The van der Waals surface area contributed by atoms with Crippen molar-refractivity contribution >= 4 is 5.71 Å². The Morgan fingerprint density at radius 3 is 2.13 bits per heavy atom. The van der Waals surface area contributed by atoms with Crippen molar-refractivity contribution < 1.29 is 4.74 Å². The number of hydrogen-bond donors (Lipinski definition) is 0. The van der Waals surface area contributed by atoms with Gasteiger partial charge in [0, 0.05) is 12.6 Å². The predicted octanol–water partition coefficient (Wildman–Crippen LogP) is 2.66. The molecule has 1 aromatic carbocycles. The lowest BCUT2D eigenvalue weighted by molar-refractivity contribution is 0.415. The second kappa shape index (κ2) is 7.57. The monoisotopic (exact) mass is 204 g/mol. The Kier molecular flexibility index (Phi) is 6.65. The Bertz CT molecular complexity index is 347. The third-order valence-corrected chi connectivity index (χ3v) is 1.69. The zero-order chi connectivity index (χ0) is 11.7. The molecule has 0 spiro atoms. The molecule has 0 aliphatic carbocycles. The first-order valence-corrected chi connectivity index (χ1v) is 4.83. The molecule has 0 saturated carbocycles. The number of nitriles is 1. The normalized spacial score (nSPS) is 9.67. The maximum Gasteiger partial charge on any atom is 0.142 e. The summed E-state index contributed by atoms with van der Waals surface area (Å²) in [6, 6.07) is 9.24. The molecule has 0 aliphatic rings. The van der Waals surface area contributed by atoms with Gasteiger partial charge in [0.2, 0.25) is 0 Å². The molecular weight excluding hydrogens is 188 g/mol. The van der Waals surface area contributed by atoms with E-state index in [2.05, 4.69) is 4.99 Å². The van der Waals surface area contributed by atoms with Gasteiger partial charge in [0.05, 0.1) is 7.11 Å². The van der Waals surface area contributed by atoms with Gasteiger partial charge in [0.25, 0.3) is 0 Å². The fourth-order valence-corrected chi connectivity index (χ4v) is 0.993. The first-order chi connectivity index (χ1) is 7.31. The van der Waals surface area contributed by atoms with Crippen LogP contribution in [0, 0.1) is 11.3 Å². The van der Waals surface area contributed by atoms with Gasteiger partial charge in [-0.1, -0.05) is 13.8 Å². The van der Waals surface area contributed by atoms with Crippen LogP contribution in [0.4, 0.5) is 0 Å². The average Bonchev–Trinajstić information content (AvgIpc) is 2.34. The SMILES string of the molecule is CC.CN=C(C#N)c1ccc(OC)cc1. The van der Waals surface area contributed by atoms with E-state index in [1.807, 2.05) is 32.0 Å². The molecule has 0 aliphatic heterocycles. The molecule has 0 saturated heterocycles. The van der Waals surface area contributed by atoms with E-state index in [4.69, 9.17) is 10.00 Å². The van der Waals surface area contributed by atoms with E-state index in [0.717, 1.165) is 11.3 Å². The number of methoxy groups -OCH3 is 1. The van der Waals surface area contributed by atoms with Gasteiger partial charge >= 0.3 is 0 Å². The number of hydrogen-bond acceptors (Lipinski definition) is 3. The van der Waals surface area contributed by atoms with E-state index >= 15 is 0 Å². The summed E-state index contributed by atoms with van der Waals surface area (Å²) in [6.45, 7) is 4.00. The van der Waals surface area contributed by atoms with Crippen LogP contribution in [-0.4, -0.2) is 19.9 Å². The molecule has 0 unspecified atom stereocenters. The lowest BCUT2D eigenvalue weighted by Gasteiger charge is -2.00. The van der Waals surface area contributed by atoms with Crippen LogP contribution in [0.1, 0.15) is 19.4 Å². The molecule has 0 N–H and O–H groups in total. The van der Waals surface area contributed by atoms with Gasteiger partial charge in [-0.2, -0.15) is 5.26 Å². The highest BCUT2D eigenvalue weighted by Gasteiger charge is 2.00. The molecular formula is C12H16N2O. The van der Waals surface area contributed by atoms with Crippen molar-refractivity contribution in [1.82, 2.24) is 0 Å². The Morgan fingerprint density at radius 1 is 1.27 bits per heavy atom. The summed E-state index contributed by atoms with van der Waals surface area (Å²) < 4.78 is 4.99. The maximum atomic E-state index is 8.69. The summed E-state index contributed by atoms with van der Waals surface area (Å²) in [5.74, 6) is 0.775. The quantitative estimate of drug-likeness (QED) is 0.695. The third-order valence-electron chi connectivity index (χ3n) is 1.69. The minimum absolute atomic E-state index is 0.433. The number of aliphatic imine (C=N–C) groups is 1. The molecule has 80 valence electrons. The lowest BCUT2D eigenvalue weighted by atomic mass is 10.1. The molecule has 0 fully saturated rings. The zero-order valence-electron chi connectivity index (χ0n) is 9.61. The van der Waals surface area contributed by atoms with Crippen molar-refractivity contribution in [3.8, 4) is 11.8 Å². The van der Waals surface area contributed by atoms with Gasteiger partial charge in [-0.05, 0) is 24.3 Å². The summed E-state index contributed by atoms with van der Waals surface area (Å²) in [6.07, 6.45) is 0. The molecule has 0 heterocycles. The van der Waals surface area contributed by atoms with Gasteiger partial charge in [-0.25, -0.2) is 0 Å². The van der Waals surface area contributed by atoms with Crippen molar-refractivity contribution in [2.45, 2.75) is 13.8 Å². The fraction of sp³-hybridized carbons (Fsp3) is 0.333. The topological polar surface area (TPSA) is 45.4 Å². The molecule has 3 heteroatoms. The second-order valence-corrected chi connectivity index (χ2v) is 2.41. The van der Waals surface area contributed by atoms with E-state index in [0.29, 0.717) is 5.71 Å². The van der Waals surface area contributed by atoms with Crippen LogP contribution in [-0.2, 0) is 0 Å². The number of rotatable bonds is 2. The lowest BCUT2D eigenvalue weighted by Crippen LogP contribution is -1.96. The van der Waals surface area contributed by atoms with E-state index in [1.165, 1.54) is 0 Å². The van der Waals surface area contributed by atoms with Crippen molar-refractivity contribution in [2.24, 2.45) is 4.99 Å². The number of ether oxygens (including phenoxy) is 1. The van der Waals surface area contributed by atoms with Crippen molar-refractivity contribution in [3.05, 3.63) is 29.8 Å². The first-order valence-electron chi connectivity index (χ1n) is 4.83. The minimum atomic E-state index is 0.433. The highest BCUT2D eigenvalue weighted by atomic mass is 16.5. The van der Waals surface area contributed by atoms with Crippen LogP contribution >= 0.6 is 0 Å². The molecule has 0 radical (unpaired) electrons. The van der Waals surface area contributed by atoms with Gasteiger partial charge in [0.15, 0.2) is 0 Å². The smallest absolute Gasteiger partial charge is 0.142 e. The van der Waals surface area contributed by atoms with Crippen LogP contribution in [0.25, 0.3) is 0 Å². The molecule has 1 aromatic rings.